The normalized spacial score (nSPS) is 19.8. The lowest BCUT2D eigenvalue weighted by Crippen LogP contribution is -2.29. The zero-order valence-electron chi connectivity index (χ0n) is 15.6. The van der Waals surface area contributed by atoms with Gasteiger partial charge in [-0.15, -0.1) is 0 Å². The maximum atomic E-state index is 13.2. The fraction of sp³-hybridized carbons (Fsp3) is 0.429. The first-order valence-corrected chi connectivity index (χ1v) is 9.14. The third-order valence-corrected chi connectivity index (χ3v) is 4.38. The van der Waals surface area contributed by atoms with Gasteiger partial charge >= 0.3 is 0 Å². The molecule has 1 N–H and O–H groups in total. The minimum absolute atomic E-state index is 0.0982. The average Bonchev–Trinajstić information content (AvgIpc) is 2.82. The number of aliphatic imine (C=N–C) groups is 1. The molecule has 0 aromatic heterocycles. The highest BCUT2D eigenvalue weighted by molar-refractivity contribution is 5.84. The molecule has 1 unspecified atom stereocenters. The van der Waals surface area contributed by atoms with Crippen LogP contribution in [0.1, 0.15) is 38.7 Å². The predicted molar refractivity (Wildman–Crippen MR) is 105 cm³/mol. The van der Waals surface area contributed by atoms with Crippen molar-refractivity contribution < 1.29 is 9.18 Å². The summed E-state index contributed by atoms with van der Waals surface area (Å²) in [4.78, 5) is 17.6. The topological polar surface area (TPSA) is 44.7 Å². The smallest absolute Gasteiger partial charge is 0.220 e. The van der Waals surface area contributed by atoms with Crippen molar-refractivity contribution >= 4 is 17.7 Å². The molecule has 0 radical (unpaired) electrons. The molecule has 0 bridgehead atoms. The molecule has 26 heavy (non-hydrogen) atoms. The van der Waals surface area contributed by atoms with Gasteiger partial charge in [0.05, 0.1) is 0 Å². The highest BCUT2D eigenvalue weighted by Gasteiger charge is 2.15. The maximum absolute atomic E-state index is 13.2. The molecule has 1 heterocycles. The fourth-order valence-corrected chi connectivity index (χ4v) is 3.07. The van der Waals surface area contributed by atoms with Crippen LogP contribution < -0.4 is 5.32 Å². The van der Waals surface area contributed by atoms with Crippen LogP contribution in [0.4, 0.5) is 4.39 Å². The van der Waals surface area contributed by atoms with Gasteiger partial charge in [-0.05, 0) is 62.9 Å². The molecule has 5 heteroatoms. The molecule has 1 fully saturated rings. The van der Waals surface area contributed by atoms with Crippen molar-refractivity contribution in [1.82, 2.24) is 10.2 Å². The molecule has 1 aromatic carbocycles. The summed E-state index contributed by atoms with van der Waals surface area (Å²) < 4.78 is 13.2. The van der Waals surface area contributed by atoms with E-state index in [4.69, 9.17) is 0 Å². The van der Waals surface area contributed by atoms with Gasteiger partial charge in [0, 0.05) is 31.6 Å². The Bertz CT molecular complexity index is 682. The average molecular weight is 357 g/mol. The van der Waals surface area contributed by atoms with Gasteiger partial charge in [-0.3, -0.25) is 14.7 Å². The Morgan fingerprint density at radius 3 is 2.96 bits per heavy atom. The molecule has 2 rings (SSSR count). The van der Waals surface area contributed by atoms with Crippen LogP contribution >= 0.6 is 0 Å². The summed E-state index contributed by atoms with van der Waals surface area (Å²) in [6.07, 6.45) is 10.8. The van der Waals surface area contributed by atoms with Crippen LogP contribution in [0.25, 0.3) is 6.08 Å². The second-order valence-corrected chi connectivity index (χ2v) is 6.76. The maximum Gasteiger partial charge on any atom is 0.220 e. The van der Waals surface area contributed by atoms with Crippen LogP contribution in [-0.2, 0) is 4.79 Å². The van der Waals surface area contributed by atoms with Crippen LogP contribution in [0, 0.1) is 11.7 Å². The quantitative estimate of drug-likeness (QED) is 0.782. The Labute approximate surface area is 155 Å². The third kappa shape index (κ3) is 7.74. The minimum atomic E-state index is -0.193. The van der Waals surface area contributed by atoms with E-state index in [1.807, 2.05) is 19.1 Å². The van der Waals surface area contributed by atoms with Crippen molar-refractivity contribution in [3.05, 3.63) is 54.1 Å². The summed E-state index contributed by atoms with van der Waals surface area (Å²) >= 11 is 0. The highest BCUT2D eigenvalue weighted by atomic mass is 19.1. The monoisotopic (exact) mass is 357 g/mol. The Kier molecular flexibility index (Phi) is 8.22. The van der Waals surface area contributed by atoms with E-state index in [-0.39, 0.29) is 11.7 Å². The Balaban J connectivity index is 1.81. The number of rotatable bonds is 6. The number of hydrogen-bond acceptors (Lipinski definition) is 3. The summed E-state index contributed by atoms with van der Waals surface area (Å²) in [5.41, 5.74) is 1.94. The molecule has 1 aliphatic rings. The first kappa shape index (κ1) is 20.0. The summed E-state index contributed by atoms with van der Waals surface area (Å²) in [6.45, 7) is 6.40. The molecular weight excluding hydrogens is 329 g/mol. The number of amides is 1. The fourth-order valence-electron chi connectivity index (χ4n) is 3.07. The van der Waals surface area contributed by atoms with Crippen molar-refractivity contribution in [2.45, 2.75) is 33.1 Å². The van der Waals surface area contributed by atoms with Crippen molar-refractivity contribution in [2.75, 3.05) is 19.6 Å². The van der Waals surface area contributed by atoms with Gasteiger partial charge in [0.15, 0.2) is 0 Å². The Morgan fingerprint density at radius 1 is 1.35 bits per heavy atom. The number of likely N-dealkylation sites (tertiary alicyclic amines) is 1. The van der Waals surface area contributed by atoms with E-state index in [2.05, 4.69) is 21.3 Å². The lowest BCUT2D eigenvalue weighted by atomic mass is 9.99. The number of nitrogens with one attached hydrogen (secondary N) is 1. The summed E-state index contributed by atoms with van der Waals surface area (Å²) in [6, 6.07) is 6.70. The summed E-state index contributed by atoms with van der Waals surface area (Å²) in [5, 5.41) is 2.58. The lowest BCUT2D eigenvalue weighted by molar-refractivity contribution is -0.118. The molecule has 4 nitrogen and oxygen atoms in total. The summed E-state index contributed by atoms with van der Waals surface area (Å²) in [5.74, 6) is 0.237. The standard InChI is InChI=1S/C21H28FN3O/c1-17(23-11-12-24-18(2)26)16-25-13-4-6-19(10-14-25)8-9-20-5-3-7-21(22)15-20/h3,5,7-9,11-12,15,19H,4,6,10,13-14,16H2,1-2H3,(H,24,26)/b9-8+,12-11-,23-17?. The van der Waals surface area contributed by atoms with Gasteiger partial charge < -0.3 is 5.32 Å². The van der Waals surface area contributed by atoms with E-state index >= 15 is 0 Å². The van der Waals surface area contributed by atoms with Gasteiger partial charge in [0.2, 0.25) is 5.91 Å². The van der Waals surface area contributed by atoms with Gasteiger partial charge in [0.1, 0.15) is 5.82 Å². The minimum Gasteiger partial charge on any atom is -0.331 e. The number of carbonyl (C=O) groups excluding carboxylic acids is 1. The van der Waals surface area contributed by atoms with Gasteiger partial charge in [-0.25, -0.2) is 4.39 Å². The van der Waals surface area contributed by atoms with Crippen LogP contribution in [-0.4, -0.2) is 36.2 Å². The van der Waals surface area contributed by atoms with Crippen LogP contribution in [0.2, 0.25) is 0 Å². The van der Waals surface area contributed by atoms with E-state index in [1.54, 1.807) is 24.5 Å². The van der Waals surface area contributed by atoms with E-state index in [9.17, 15) is 9.18 Å². The van der Waals surface area contributed by atoms with Gasteiger partial charge in [0.25, 0.3) is 0 Å². The van der Waals surface area contributed by atoms with E-state index in [1.165, 1.54) is 13.0 Å². The molecular formula is C21H28FN3O. The van der Waals surface area contributed by atoms with Crippen LogP contribution in [0.3, 0.4) is 0 Å². The molecule has 1 saturated heterocycles. The Hall–Kier alpha value is -2.27. The number of halogens is 1. The van der Waals surface area contributed by atoms with Gasteiger partial charge in [-0.1, -0.05) is 24.3 Å². The van der Waals surface area contributed by atoms with Crippen molar-refractivity contribution in [2.24, 2.45) is 10.9 Å². The zero-order chi connectivity index (χ0) is 18.8. The van der Waals surface area contributed by atoms with Gasteiger partial charge in [-0.2, -0.15) is 0 Å². The molecule has 140 valence electrons. The Morgan fingerprint density at radius 2 is 2.19 bits per heavy atom. The second kappa shape index (κ2) is 10.7. The van der Waals surface area contributed by atoms with E-state index < -0.39 is 0 Å². The van der Waals surface area contributed by atoms with Crippen LogP contribution in [0.5, 0.6) is 0 Å². The van der Waals surface area contributed by atoms with Crippen molar-refractivity contribution in [3.63, 3.8) is 0 Å². The highest BCUT2D eigenvalue weighted by Crippen LogP contribution is 2.20. The third-order valence-electron chi connectivity index (χ3n) is 4.38. The first-order valence-electron chi connectivity index (χ1n) is 9.14. The molecule has 0 aliphatic carbocycles. The van der Waals surface area contributed by atoms with Crippen molar-refractivity contribution in [3.8, 4) is 0 Å². The molecule has 1 atom stereocenters. The molecule has 1 aliphatic heterocycles. The lowest BCUT2D eigenvalue weighted by Gasteiger charge is -2.19. The first-order chi connectivity index (χ1) is 12.5. The number of nitrogens with zero attached hydrogens (tertiary/aromatic N) is 2. The van der Waals surface area contributed by atoms with Crippen LogP contribution in [0.15, 0.2) is 47.7 Å². The number of benzene rings is 1. The molecule has 1 aromatic rings. The zero-order valence-corrected chi connectivity index (χ0v) is 15.6. The molecule has 1 amide bonds. The SMILES string of the molecule is CC(=O)N/C=C\N=C(C)CN1CCCC(/C=C/c2cccc(F)c2)CC1. The summed E-state index contributed by atoms with van der Waals surface area (Å²) in [7, 11) is 0. The molecule has 0 spiro atoms. The number of carbonyl (C=O) groups is 1. The number of hydrogen-bond donors (Lipinski definition) is 1. The van der Waals surface area contributed by atoms with Crippen molar-refractivity contribution in [1.29, 1.82) is 0 Å². The molecule has 0 saturated carbocycles. The van der Waals surface area contributed by atoms with E-state index in [0.717, 1.165) is 50.2 Å². The van der Waals surface area contributed by atoms with E-state index in [0.29, 0.717) is 5.92 Å². The second-order valence-electron chi connectivity index (χ2n) is 6.76. The predicted octanol–water partition coefficient (Wildman–Crippen LogP) is 4.01. The number of allylic oxidation sites excluding steroid dienone is 1. The largest absolute Gasteiger partial charge is 0.331 e.